The lowest BCUT2D eigenvalue weighted by molar-refractivity contribution is 0.171. The number of hydrogen-bond donors (Lipinski definition) is 0. The molecule has 5 aliphatic heterocycles. The van der Waals surface area contributed by atoms with Crippen LogP contribution in [0.1, 0.15) is 77.8 Å². The van der Waals surface area contributed by atoms with Gasteiger partial charge in [-0.2, -0.15) is 0 Å². The van der Waals surface area contributed by atoms with Crippen LogP contribution in [0.4, 0.5) is 34.6 Å². The van der Waals surface area contributed by atoms with Crippen molar-refractivity contribution in [2.45, 2.75) is 134 Å². The van der Waals surface area contributed by atoms with Gasteiger partial charge in [-0.25, -0.2) is 98.2 Å². The van der Waals surface area contributed by atoms with Crippen LogP contribution in [0, 0.1) is 29.2 Å². The highest BCUT2D eigenvalue weighted by atomic mass is 35.8. The van der Waals surface area contributed by atoms with E-state index in [9.17, 15) is 68.1 Å². The maximum atomic E-state index is 13.3. The molecule has 0 aromatic heterocycles. The fraction of sp³-hybridized carbons (Fsp3) is 0.250. The van der Waals surface area contributed by atoms with Crippen molar-refractivity contribution in [3.05, 3.63) is 276 Å². The van der Waals surface area contributed by atoms with Gasteiger partial charge in [-0.05, 0) is 238 Å². The molecule has 16 rings (SSSR count). The van der Waals surface area contributed by atoms with E-state index in [2.05, 4.69) is 31.2 Å². The van der Waals surface area contributed by atoms with Gasteiger partial charge in [0.1, 0.15) is 49.7 Å². The number of ether oxygens (including phenoxy) is 4. The maximum absolute atomic E-state index is 13.3. The molecule has 0 spiro atoms. The average Bonchev–Trinajstić information content (AvgIpc) is 1.61. The van der Waals surface area contributed by atoms with Crippen molar-refractivity contribution in [3.63, 3.8) is 0 Å². The van der Waals surface area contributed by atoms with Gasteiger partial charge in [0.2, 0.25) is 9.84 Å². The highest BCUT2D eigenvalue weighted by Crippen LogP contribution is 2.43. The minimum absolute atomic E-state index is 0. The Bertz CT molecular complexity index is 5610. The van der Waals surface area contributed by atoms with Gasteiger partial charge in [-0.3, -0.25) is 12.9 Å². The molecular formula is C80H83AlCl5F4N3O16S6. The quantitative estimate of drug-likeness (QED) is 0.0701. The zero-order valence-electron chi connectivity index (χ0n) is 59.8. The lowest BCUT2D eigenvalue weighted by Gasteiger charge is -2.24. The van der Waals surface area contributed by atoms with Crippen LogP contribution in [0.2, 0.25) is 0 Å². The Morgan fingerprint density at radius 3 is 0.922 bits per heavy atom. The van der Waals surface area contributed by atoms with E-state index in [0.717, 1.165) is 53.4 Å². The number of sulfonamides is 3. The summed E-state index contributed by atoms with van der Waals surface area (Å²) in [6.07, 6.45) is 4.31. The fourth-order valence-electron chi connectivity index (χ4n) is 13.0. The molecule has 0 saturated heterocycles. The second-order valence-corrected chi connectivity index (χ2v) is 44.9. The Morgan fingerprint density at radius 2 is 0.574 bits per heavy atom. The van der Waals surface area contributed by atoms with Gasteiger partial charge in [-0.1, -0.05) is 89.9 Å². The van der Waals surface area contributed by atoms with E-state index in [0.29, 0.717) is 91.3 Å². The summed E-state index contributed by atoms with van der Waals surface area (Å²) in [7, 11) is 2.45. The standard InChI is InChI=1S/C23H20FNO6S2.2C15H14FNO2S.C10H12.C8H7ClO4S.C6H4ClFO2S.3CH4.Al.3ClH/c1-15-12-16-13-19(32(26,27)20-7-9-22-23(14-20)31-11-10-30-22)6-8-21(16)25(15)33(28,29)18-4-2-17(24)3-5-18;2*1-11-10-12-4-2-3-5-15(12)17(11)20(18,19)14-8-6-13(16)7-9-14;1-8-6-9-4-2-3-5-10(9)7-8;9-14(10,11)6-1-2-7-8(5-6)13-4-3-12-7;7-11(9,10)6-3-1-5(8)2-4-6;;;;;;;/h2-9,13-15H,10-12H2,1H3;2*2-9,11H,10H2,1H3;2-5,8H,6-7H2,1H3;1-2,5H,3-4H2;1-4H;3*1H4;;3*1H/q;;;;;;;;;+3;;;/p-3. The topological polar surface area (TPSA) is 251 Å². The summed E-state index contributed by atoms with van der Waals surface area (Å²) in [5, 5.41) is 0. The second kappa shape index (κ2) is 40.1. The molecule has 0 fully saturated rings. The molecule has 0 saturated carbocycles. The SMILES string of the molecule is C.C.C.CC1Cc2cc(S(=O)(=O)c3ccc4c(c3)OCCO4)ccc2N1S(=O)(=O)c1ccc(F)cc1.CC1Cc2ccccc2C1.CC1Cc2ccccc2N1S(=O)(=O)c1ccc(F)cc1.CC1Cc2ccccc2N1S(=O)(=O)c1ccc(F)cc1.O=S(=O)(Cl)c1ccc(F)cc1.O=S(=O)(Cl)c1ccc2c(c1)OCCO2.[Cl][Al]([Cl])[Cl]. The van der Waals surface area contributed by atoms with E-state index in [4.69, 9.17) is 70.5 Å². The summed E-state index contributed by atoms with van der Waals surface area (Å²) in [5.41, 5.74) is 7.61. The molecule has 0 amide bonds. The van der Waals surface area contributed by atoms with E-state index in [1.54, 1.807) is 36.2 Å². The third-order valence-corrected chi connectivity index (χ3v) is 28.2. The van der Waals surface area contributed by atoms with Crippen molar-refractivity contribution < 1.29 is 87.0 Å². The van der Waals surface area contributed by atoms with Crippen molar-refractivity contribution in [1.29, 1.82) is 0 Å². The van der Waals surface area contributed by atoms with Crippen LogP contribution in [0.5, 0.6) is 23.0 Å². The van der Waals surface area contributed by atoms with Crippen LogP contribution in [0.25, 0.3) is 0 Å². The first-order valence-corrected chi connectivity index (χ1v) is 49.9. The zero-order valence-corrected chi connectivity index (χ0v) is 69.7. The summed E-state index contributed by atoms with van der Waals surface area (Å²) in [6, 6.07) is 55.0. The first kappa shape index (κ1) is 94.4. The molecule has 10 aromatic carbocycles. The molecule has 0 radical (unpaired) electrons. The molecule has 0 bridgehead atoms. The van der Waals surface area contributed by atoms with Gasteiger partial charge in [0.25, 0.3) is 48.2 Å². The molecule has 616 valence electrons. The number of hydrogen-bond acceptors (Lipinski definition) is 16. The number of rotatable bonds is 10. The molecule has 3 unspecified atom stereocenters. The van der Waals surface area contributed by atoms with E-state index in [1.165, 1.54) is 135 Å². The third kappa shape index (κ3) is 23.4. The van der Waals surface area contributed by atoms with Crippen LogP contribution in [0.3, 0.4) is 0 Å². The number of halogens is 9. The van der Waals surface area contributed by atoms with Gasteiger partial charge in [-0.15, -0.1) is 0 Å². The average molecular weight is 1820 g/mol. The van der Waals surface area contributed by atoms with Crippen molar-refractivity contribution in [1.82, 2.24) is 0 Å². The van der Waals surface area contributed by atoms with E-state index < -0.39 is 98.7 Å². The molecule has 115 heavy (non-hydrogen) atoms. The highest BCUT2D eigenvalue weighted by molar-refractivity contribution is 8.14. The lowest BCUT2D eigenvalue weighted by atomic mass is 10.1. The molecule has 19 nitrogen and oxygen atoms in total. The first-order valence-electron chi connectivity index (χ1n) is 34.2. The van der Waals surface area contributed by atoms with Crippen molar-refractivity contribution in [2.75, 3.05) is 39.3 Å². The van der Waals surface area contributed by atoms with Crippen LogP contribution in [-0.4, -0.2) is 106 Å². The van der Waals surface area contributed by atoms with E-state index in [-0.39, 0.29) is 68.6 Å². The van der Waals surface area contributed by atoms with Gasteiger partial charge in [0, 0.05) is 51.6 Å². The predicted octanol–water partition coefficient (Wildman–Crippen LogP) is 18.7. The number of benzene rings is 10. The van der Waals surface area contributed by atoms with Crippen LogP contribution >= 0.6 is 51.5 Å². The highest BCUT2D eigenvalue weighted by Gasteiger charge is 2.40. The van der Waals surface area contributed by atoms with Crippen molar-refractivity contribution in [3.8, 4) is 23.0 Å². The first-order chi connectivity index (χ1) is 52.8. The van der Waals surface area contributed by atoms with Gasteiger partial charge in [0.15, 0.2) is 23.0 Å². The summed E-state index contributed by atoms with van der Waals surface area (Å²) in [4.78, 5) is 0.241. The lowest BCUT2D eigenvalue weighted by Crippen LogP contribution is -2.35. The Labute approximate surface area is 697 Å². The minimum atomic E-state index is -3.94. The smallest absolute Gasteiger partial charge is 0.486 e. The van der Waals surface area contributed by atoms with Crippen LogP contribution in [0.15, 0.2) is 259 Å². The predicted molar refractivity (Wildman–Crippen MR) is 446 cm³/mol. The minimum Gasteiger partial charge on any atom is -0.486 e. The van der Waals surface area contributed by atoms with Crippen molar-refractivity contribution >= 4 is 138 Å². The molecular weight excluding hydrogens is 1730 g/mol. The number of sulfone groups is 1. The summed E-state index contributed by atoms with van der Waals surface area (Å²) in [5.74, 6) is 0.776. The number of nitrogens with zero attached hydrogens (tertiary/aromatic N) is 3. The molecule has 10 aromatic rings. The number of fused-ring (bicyclic) bond motifs is 6. The maximum Gasteiger partial charge on any atom is 0.643 e. The molecule has 1 aliphatic carbocycles. The molecule has 3 atom stereocenters. The molecule has 35 heteroatoms. The van der Waals surface area contributed by atoms with Gasteiger partial charge in [0.05, 0.1) is 51.3 Å². The van der Waals surface area contributed by atoms with Gasteiger partial charge >= 0.3 is 11.4 Å². The summed E-state index contributed by atoms with van der Waals surface area (Å²) < 4.78 is 224. The Morgan fingerprint density at radius 1 is 0.313 bits per heavy atom. The van der Waals surface area contributed by atoms with E-state index >= 15 is 0 Å². The van der Waals surface area contributed by atoms with Gasteiger partial charge < -0.3 is 18.9 Å². The van der Waals surface area contributed by atoms with E-state index in [1.807, 2.05) is 50.2 Å². The third-order valence-electron chi connectivity index (χ3n) is 17.9. The summed E-state index contributed by atoms with van der Waals surface area (Å²) in [6.45, 7) is 9.45. The number of para-hydroxylation sites is 2. The Hall–Kier alpha value is -7.80. The Balaban J connectivity index is 0.000000197. The van der Waals surface area contributed by atoms with Crippen LogP contribution in [-0.2, 0) is 90.1 Å². The second-order valence-electron chi connectivity index (χ2n) is 25.9. The number of anilines is 3. The molecule has 0 N–H and O–H groups in total. The molecule has 6 aliphatic rings. The monoisotopic (exact) mass is 1810 g/mol. The molecule has 5 heterocycles. The largest absolute Gasteiger partial charge is 0.643 e. The Kier molecular flexibility index (Phi) is 32.9. The zero-order chi connectivity index (χ0) is 81.3. The normalized spacial score (nSPS) is 16.0. The van der Waals surface area contributed by atoms with Crippen LogP contribution < -0.4 is 31.9 Å². The van der Waals surface area contributed by atoms with Crippen molar-refractivity contribution in [2.24, 2.45) is 5.92 Å². The summed E-state index contributed by atoms with van der Waals surface area (Å²) >= 11 is -1.72. The fourth-order valence-corrected chi connectivity index (χ4v) is 20.9.